The highest BCUT2D eigenvalue weighted by molar-refractivity contribution is 5.80. The van der Waals surface area contributed by atoms with Gasteiger partial charge in [0.2, 0.25) is 0 Å². The van der Waals surface area contributed by atoms with Gasteiger partial charge in [-0.25, -0.2) is 18.2 Å². The number of imidazole rings is 1. The first-order chi connectivity index (χ1) is 18.5. The summed E-state index contributed by atoms with van der Waals surface area (Å²) in [6.07, 6.45) is -0.464. The number of aliphatic hydroxyl groups excluding tert-OH is 1. The Hall–Kier alpha value is -3.17. The summed E-state index contributed by atoms with van der Waals surface area (Å²) >= 11 is 0. The van der Waals surface area contributed by atoms with Gasteiger partial charge in [0.05, 0.1) is 11.7 Å². The number of nitrogens with zero attached hydrogens (tertiary/aromatic N) is 3. The largest absolute Gasteiger partial charge is 0.384 e. The number of rotatable bonds is 10. The van der Waals surface area contributed by atoms with Crippen molar-refractivity contribution >= 4 is 5.91 Å². The van der Waals surface area contributed by atoms with E-state index in [9.17, 15) is 23.1 Å². The second-order valence-corrected chi connectivity index (χ2v) is 11.0. The fraction of sp³-hybridized carbons (Fsp3) is 0.433. The van der Waals surface area contributed by atoms with E-state index in [4.69, 9.17) is 4.98 Å². The Bertz CT molecular complexity index is 1280. The molecule has 4 rings (SSSR count). The topological polar surface area (TPSA) is 70.4 Å². The Morgan fingerprint density at radius 1 is 1.23 bits per heavy atom. The van der Waals surface area contributed by atoms with Crippen molar-refractivity contribution in [3.8, 4) is 11.3 Å². The van der Waals surface area contributed by atoms with E-state index in [1.165, 1.54) is 11.8 Å². The van der Waals surface area contributed by atoms with Gasteiger partial charge in [-0.1, -0.05) is 51.1 Å². The minimum atomic E-state index is -1.33. The molecular weight excluding hydrogens is 505 g/mol. The summed E-state index contributed by atoms with van der Waals surface area (Å²) < 4.78 is 45.6. The van der Waals surface area contributed by atoms with Crippen LogP contribution < -0.4 is 5.32 Å². The summed E-state index contributed by atoms with van der Waals surface area (Å²) in [6.45, 7) is 10.3. The summed E-state index contributed by atoms with van der Waals surface area (Å²) in [5.41, 5.74) is 0.454. The van der Waals surface area contributed by atoms with E-state index in [0.717, 1.165) is 23.8 Å². The molecule has 0 saturated carbocycles. The summed E-state index contributed by atoms with van der Waals surface area (Å²) in [6, 6.07) is 12.0. The molecule has 3 aromatic rings. The Morgan fingerprint density at radius 3 is 2.56 bits per heavy atom. The third kappa shape index (κ3) is 6.36. The normalized spacial score (nSPS) is 19.2. The van der Waals surface area contributed by atoms with Crippen LogP contribution in [0.5, 0.6) is 0 Å². The van der Waals surface area contributed by atoms with Crippen LogP contribution >= 0.6 is 0 Å². The van der Waals surface area contributed by atoms with Crippen LogP contribution in [0.4, 0.5) is 13.2 Å². The summed E-state index contributed by atoms with van der Waals surface area (Å²) in [5.74, 6) is -1.85. The van der Waals surface area contributed by atoms with E-state index in [2.05, 4.69) is 12.2 Å². The number of halogens is 3. The van der Waals surface area contributed by atoms with Gasteiger partial charge in [0.1, 0.15) is 29.7 Å². The average Bonchev–Trinajstić information content (AvgIpc) is 3.50. The van der Waals surface area contributed by atoms with Crippen molar-refractivity contribution in [2.45, 2.75) is 52.1 Å². The number of aromatic nitrogens is 2. The fourth-order valence-corrected chi connectivity index (χ4v) is 5.12. The molecule has 0 spiro atoms. The molecule has 0 unspecified atom stereocenters. The predicted octanol–water partition coefficient (Wildman–Crippen LogP) is 4.93. The number of hydrogen-bond donors (Lipinski definition) is 2. The number of hydrogen-bond acceptors (Lipinski definition) is 4. The third-order valence-corrected chi connectivity index (χ3v) is 7.48. The SMILES string of the molecule is [CH2]CC(C)(C)[C@H](c1nc(-c2cc(F)ccc2F)cn1Cc1ccccc1)N(C[C@@H]1CNC[C@@H]1F)C(=O)[C@H](C)O. The van der Waals surface area contributed by atoms with E-state index in [-0.39, 0.29) is 24.3 Å². The predicted molar refractivity (Wildman–Crippen MR) is 144 cm³/mol. The summed E-state index contributed by atoms with van der Waals surface area (Å²) in [7, 11) is 0. The first kappa shape index (κ1) is 28.8. The Kier molecular flexibility index (Phi) is 8.81. The van der Waals surface area contributed by atoms with E-state index < -0.39 is 47.2 Å². The summed E-state index contributed by atoms with van der Waals surface area (Å²) in [4.78, 5) is 19.8. The number of aliphatic hydroxyl groups is 1. The molecule has 1 saturated heterocycles. The minimum Gasteiger partial charge on any atom is -0.384 e. The lowest BCUT2D eigenvalue weighted by atomic mass is 9.79. The molecule has 2 aromatic carbocycles. The lowest BCUT2D eigenvalue weighted by Gasteiger charge is -2.43. The van der Waals surface area contributed by atoms with Crippen molar-refractivity contribution in [2.75, 3.05) is 19.6 Å². The molecule has 4 atom stereocenters. The summed E-state index contributed by atoms with van der Waals surface area (Å²) in [5, 5.41) is 13.4. The maximum atomic E-state index is 14.9. The standard InChI is InChI=1S/C30H36F3N4O2/c1-5-30(3,4)27(37(29(39)19(2)38)17-21-14-34-15-25(21)33)28-35-26(23-13-22(31)11-12-24(23)32)18-36(28)16-20-9-7-6-8-10-20/h6-13,18-19,21,25,27,34,38H,1,5,14-17H2,2-4H3/t19-,21-,25-,27-/m0/s1. The Balaban J connectivity index is 1.91. The molecule has 1 radical (unpaired) electrons. The maximum Gasteiger partial charge on any atom is 0.251 e. The number of amides is 1. The fourth-order valence-electron chi connectivity index (χ4n) is 5.12. The maximum absolute atomic E-state index is 14.9. The monoisotopic (exact) mass is 541 g/mol. The van der Waals surface area contributed by atoms with Gasteiger partial charge in [-0.15, -0.1) is 0 Å². The second-order valence-electron chi connectivity index (χ2n) is 11.0. The van der Waals surface area contributed by atoms with Crippen molar-refractivity contribution in [3.05, 3.63) is 84.7 Å². The van der Waals surface area contributed by atoms with Gasteiger partial charge in [-0.3, -0.25) is 4.79 Å². The number of alkyl halides is 1. The van der Waals surface area contributed by atoms with Crippen LogP contribution in [0.25, 0.3) is 11.3 Å². The molecule has 1 aliphatic heterocycles. The van der Waals surface area contributed by atoms with Gasteiger partial charge >= 0.3 is 0 Å². The van der Waals surface area contributed by atoms with Crippen LogP contribution in [0.1, 0.15) is 44.6 Å². The highest BCUT2D eigenvalue weighted by atomic mass is 19.1. The first-order valence-electron chi connectivity index (χ1n) is 13.2. The number of carbonyl (C=O) groups excluding carboxylic acids is 1. The highest BCUT2D eigenvalue weighted by Crippen LogP contribution is 2.42. The smallest absolute Gasteiger partial charge is 0.251 e. The molecule has 1 aromatic heterocycles. The lowest BCUT2D eigenvalue weighted by molar-refractivity contribution is -0.146. The molecule has 2 N–H and O–H groups in total. The van der Waals surface area contributed by atoms with E-state index in [1.54, 1.807) is 6.20 Å². The molecule has 39 heavy (non-hydrogen) atoms. The zero-order valence-corrected chi connectivity index (χ0v) is 22.6. The van der Waals surface area contributed by atoms with Crippen molar-refractivity contribution < 1.29 is 23.1 Å². The van der Waals surface area contributed by atoms with Crippen molar-refractivity contribution in [2.24, 2.45) is 11.3 Å². The molecule has 9 heteroatoms. The zero-order chi connectivity index (χ0) is 28.3. The van der Waals surface area contributed by atoms with E-state index in [1.807, 2.05) is 48.7 Å². The van der Waals surface area contributed by atoms with Crippen LogP contribution in [-0.4, -0.2) is 57.4 Å². The van der Waals surface area contributed by atoms with E-state index in [0.29, 0.717) is 25.3 Å². The van der Waals surface area contributed by atoms with Gasteiger partial charge in [0.15, 0.2) is 0 Å². The molecule has 1 aliphatic rings. The second kappa shape index (κ2) is 11.9. The van der Waals surface area contributed by atoms with Crippen molar-refractivity contribution in [1.82, 2.24) is 19.8 Å². The van der Waals surface area contributed by atoms with Crippen LogP contribution in [0, 0.1) is 29.9 Å². The Labute approximate surface area is 227 Å². The van der Waals surface area contributed by atoms with Gasteiger partial charge in [0.25, 0.3) is 5.91 Å². The first-order valence-corrected chi connectivity index (χ1v) is 13.2. The third-order valence-electron chi connectivity index (χ3n) is 7.48. The van der Waals surface area contributed by atoms with Crippen LogP contribution in [0.15, 0.2) is 54.7 Å². The number of carbonyl (C=O) groups is 1. The van der Waals surface area contributed by atoms with Gasteiger partial charge < -0.3 is 19.9 Å². The molecule has 2 heterocycles. The average molecular weight is 542 g/mol. The number of nitrogens with one attached hydrogen (secondary N) is 1. The zero-order valence-electron chi connectivity index (χ0n) is 22.6. The highest BCUT2D eigenvalue weighted by Gasteiger charge is 2.43. The molecule has 6 nitrogen and oxygen atoms in total. The molecule has 1 fully saturated rings. The van der Waals surface area contributed by atoms with Crippen LogP contribution in [0.3, 0.4) is 0 Å². The van der Waals surface area contributed by atoms with Gasteiger partial charge in [-0.2, -0.15) is 0 Å². The molecule has 0 aliphatic carbocycles. The Morgan fingerprint density at radius 2 is 1.95 bits per heavy atom. The molecule has 209 valence electrons. The number of benzene rings is 2. The van der Waals surface area contributed by atoms with Gasteiger partial charge in [-0.05, 0) is 42.5 Å². The molecule has 0 bridgehead atoms. The van der Waals surface area contributed by atoms with E-state index >= 15 is 0 Å². The van der Waals surface area contributed by atoms with Crippen molar-refractivity contribution in [3.63, 3.8) is 0 Å². The molecule has 1 amide bonds. The minimum absolute atomic E-state index is 0.00791. The van der Waals surface area contributed by atoms with Crippen LogP contribution in [0.2, 0.25) is 0 Å². The lowest BCUT2D eigenvalue weighted by Crippen LogP contribution is -2.49. The van der Waals surface area contributed by atoms with Gasteiger partial charge in [0, 0.05) is 43.9 Å². The molecular formula is C30H36F3N4O2. The van der Waals surface area contributed by atoms with Crippen LogP contribution in [-0.2, 0) is 11.3 Å². The van der Waals surface area contributed by atoms with Crippen molar-refractivity contribution in [1.29, 1.82) is 0 Å². The quantitative estimate of drug-likeness (QED) is 0.382.